The number of halogens is 1. The van der Waals surface area contributed by atoms with Gasteiger partial charge in [0.05, 0.1) is 0 Å². The highest BCUT2D eigenvalue weighted by molar-refractivity contribution is 7.60. The van der Waals surface area contributed by atoms with Crippen molar-refractivity contribution in [1.29, 1.82) is 0 Å². The number of rotatable bonds is 2. The highest BCUT2D eigenvalue weighted by Gasteiger charge is 2.30. The summed E-state index contributed by atoms with van der Waals surface area (Å²) < 4.78 is 12.9. The molecule has 98 valence electrons. The van der Waals surface area contributed by atoms with E-state index in [1.165, 1.54) is 16.7 Å². The fourth-order valence-electron chi connectivity index (χ4n) is 1.68. The second-order valence-electron chi connectivity index (χ2n) is 3.64. The van der Waals surface area contributed by atoms with Crippen LogP contribution in [-0.2, 0) is 4.57 Å². The lowest BCUT2D eigenvalue weighted by Gasteiger charge is -2.01. The molecule has 0 aromatic carbocycles. The van der Waals surface area contributed by atoms with Crippen molar-refractivity contribution >= 4 is 30.3 Å². The first-order chi connectivity index (χ1) is 8.97. The van der Waals surface area contributed by atoms with Crippen molar-refractivity contribution in [2.45, 2.75) is 0 Å². The number of hydrogen-bond donors (Lipinski definition) is 3. The van der Waals surface area contributed by atoms with Gasteiger partial charge in [0, 0.05) is 17.3 Å². The fraction of sp³-hybridized carbons (Fsp3) is 0. The smallest absolute Gasteiger partial charge is 0.320 e. The van der Waals surface area contributed by atoms with Crippen LogP contribution >= 0.6 is 19.2 Å². The minimum atomic E-state index is -4.58. The Hall–Kier alpha value is -1.80. The maximum absolute atomic E-state index is 11.5. The van der Waals surface area contributed by atoms with Crippen LogP contribution in [0.15, 0.2) is 18.3 Å². The monoisotopic (exact) mass is 300 g/mol. The Bertz CT molecular complexity index is 794. The molecule has 3 aromatic heterocycles. The molecule has 0 saturated carbocycles. The Balaban J connectivity index is 2.42. The van der Waals surface area contributed by atoms with E-state index in [1.807, 2.05) is 0 Å². The van der Waals surface area contributed by atoms with E-state index in [0.717, 1.165) is 0 Å². The maximum atomic E-state index is 11.5. The lowest BCUT2D eigenvalue weighted by molar-refractivity contribution is 0.386. The fourth-order valence-corrected chi connectivity index (χ4v) is 2.55. The van der Waals surface area contributed by atoms with Gasteiger partial charge in [-0.15, -0.1) is 10.2 Å². The number of fused-ring (bicyclic) bond motifs is 1. The number of hydrogen-bond acceptors (Lipinski definition) is 5. The molecule has 9 nitrogen and oxygen atoms in total. The van der Waals surface area contributed by atoms with Gasteiger partial charge in [-0.3, -0.25) is 8.97 Å². The van der Waals surface area contributed by atoms with Gasteiger partial charge in [-0.25, -0.2) is 4.98 Å². The molecule has 0 amide bonds. The molecule has 3 aromatic rings. The number of nitrogens with one attached hydrogen (secondary N) is 1. The summed E-state index contributed by atoms with van der Waals surface area (Å²) in [6.07, 6.45) is 1.52. The highest BCUT2D eigenvalue weighted by Crippen LogP contribution is 2.37. The molecular weight excluding hydrogens is 295 g/mol. The van der Waals surface area contributed by atoms with Crippen LogP contribution in [0, 0.1) is 0 Å². The number of pyridine rings is 1. The van der Waals surface area contributed by atoms with E-state index in [1.54, 1.807) is 6.07 Å². The summed E-state index contributed by atoms with van der Waals surface area (Å²) in [5, 5.41) is 13.4. The van der Waals surface area contributed by atoms with E-state index in [2.05, 4.69) is 25.6 Å². The Morgan fingerprint density at radius 3 is 2.84 bits per heavy atom. The summed E-state index contributed by atoms with van der Waals surface area (Å²) in [4.78, 5) is 22.6. The summed E-state index contributed by atoms with van der Waals surface area (Å²) in [5.74, 6) is 0.0353. The largest absolute Gasteiger partial charge is 0.376 e. The Kier molecular flexibility index (Phi) is 2.64. The van der Waals surface area contributed by atoms with Crippen molar-refractivity contribution in [2.24, 2.45) is 0 Å². The molecule has 0 aliphatic carbocycles. The zero-order valence-corrected chi connectivity index (χ0v) is 10.7. The quantitative estimate of drug-likeness (QED) is 0.567. The standard InChI is InChI=1S/C8H6ClN6O3P/c9-4-1-2-15-5(3-4)10-8(19(16,17)18)6(15)7-11-13-14-12-7/h1-3H,(H2,16,17,18)(H,11,12,13,14). The van der Waals surface area contributed by atoms with Gasteiger partial charge in [-0.2, -0.15) is 5.21 Å². The van der Waals surface area contributed by atoms with Crippen LogP contribution in [0.4, 0.5) is 0 Å². The summed E-state index contributed by atoms with van der Waals surface area (Å²) in [5.41, 5.74) is -0.0597. The molecule has 0 saturated heterocycles. The number of imidazole rings is 1. The average molecular weight is 301 g/mol. The molecule has 0 aliphatic heterocycles. The van der Waals surface area contributed by atoms with Gasteiger partial charge < -0.3 is 9.79 Å². The van der Waals surface area contributed by atoms with Crippen molar-refractivity contribution in [3.63, 3.8) is 0 Å². The van der Waals surface area contributed by atoms with Crippen molar-refractivity contribution < 1.29 is 14.4 Å². The lowest BCUT2D eigenvalue weighted by Crippen LogP contribution is -2.09. The number of nitrogens with zero attached hydrogens (tertiary/aromatic N) is 5. The molecule has 11 heteroatoms. The van der Waals surface area contributed by atoms with Gasteiger partial charge in [0.15, 0.2) is 5.44 Å². The second kappa shape index (κ2) is 4.10. The minimum Gasteiger partial charge on any atom is -0.320 e. The van der Waals surface area contributed by atoms with Crippen molar-refractivity contribution in [2.75, 3.05) is 0 Å². The third-order valence-electron chi connectivity index (χ3n) is 2.40. The predicted octanol–water partition coefficient (Wildman–Crippen LogP) is -0.0292. The summed E-state index contributed by atoms with van der Waals surface area (Å²) in [7, 11) is -4.58. The Morgan fingerprint density at radius 1 is 1.42 bits per heavy atom. The molecule has 3 rings (SSSR count). The zero-order valence-electron chi connectivity index (χ0n) is 9.10. The van der Waals surface area contributed by atoms with Gasteiger partial charge >= 0.3 is 7.60 Å². The molecule has 0 spiro atoms. The predicted molar refractivity (Wildman–Crippen MR) is 65.1 cm³/mol. The first-order valence-electron chi connectivity index (χ1n) is 4.94. The van der Waals surface area contributed by atoms with Crippen LogP contribution in [0.25, 0.3) is 17.2 Å². The Labute approximate surface area is 110 Å². The average Bonchev–Trinajstić information content (AvgIpc) is 2.91. The minimum absolute atomic E-state index is 0.0353. The molecular formula is C8H6ClN6O3P. The van der Waals surface area contributed by atoms with Crippen molar-refractivity contribution in [3.05, 3.63) is 23.4 Å². The van der Waals surface area contributed by atoms with E-state index < -0.39 is 13.0 Å². The SMILES string of the molecule is O=P(O)(O)c1nc2cc(Cl)ccn2c1-c1nn[nH]n1. The van der Waals surface area contributed by atoms with Crippen LogP contribution in [0.1, 0.15) is 0 Å². The normalized spacial score (nSPS) is 12.2. The molecule has 0 unspecified atom stereocenters. The van der Waals surface area contributed by atoms with E-state index in [-0.39, 0.29) is 17.2 Å². The number of aromatic amines is 1. The molecule has 0 fully saturated rings. The number of tetrazole rings is 1. The highest BCUT2D eigenvalue weighted by atomic mass is 35.5. The van der Waals surface area contributed by atoms with Crippen LogP contribution in [-0.4, -0.2) is 39.8 Å². The van der Waals surface area contributed by atoms with Crippen LogP contribution < -0.4 is 5.44 Å². The van der Waals surface area contributed by atoms with Crippen LogP contribution in [0.5, 0.6) is 0 Å². The number of aromatic nitrogens is 6. The van der Waals surface area contributed by atoms with Crippen LogP contribution in [0.3, 0.4) is 0 Å². The van der Waals surface area contributed by atoms with Crippen LogP contribution in [0.2, 0.25) is 5.02 Å². The second-order valence-corrected chi connectivity index (χ2v) is 5.58. The molecule has 0 bridgehead atoms. The van der Waals surface area contributed by atoms with E-state index >= 15 is 0 Å². The van der Waals surface area contributed by atoms with E-state index in [9.17, 15) is 14.4 Å². The zero-order chi connectivity index (χ0) is 13.6. The number of H-pyrrole nitrogens is 1. The third kappa shape index (κ3) is 2.02. The first kappa shape index (κ1) is 12.2. The van der Waals surface area contributed by atoms with Gasteiger partial charge in [-0.05, 0) is 11.3 Å². The first-order valence-corrected chi connectivity index (χ1v) is 6.93. The summed E-state index contributed by atoms with van der Waals surface area (Å²) >= 11 is 5.82. The topological polar surface area (TPSA) is 129 Å². The van der Waals surface area contributed by atoms with Gasteiger partial charge in [-0.1, -0.05) is 11.6 Å². The third-order valence-corrected chi connectivity index (χ3v) is 3.50. The van der Waals surface area contributed by atoms with Gasteiger partial charge in [0.1, 0.15) is 11.3 Å². The van der Waals surface area contributed by atoms with Gasteiger partial charge in [0.25, 0.3) is 0 Å². The summed E-state index contributed by atoms with van der Waals surface area (Å²) in [6, 6.07) is 3.04. The molecule has 0 radical (unpaired) electrons. The van der Waals surface area contributed by atoms with Gasteiger partial charge in [0.2, 0.25) is 5.82 Å². The van der Waals surface area contributed by atoms with E-state index in [0.29, 0.717) is 5.02 Å². The molecule has 3 N–H and O–H groups in total. The molecule has 0 aliphatic rings. The molecule has 3 heterocycles. The summed E-state index contributed by atoms with van der Waals surface area (Å²) in [6.45, 7) is 0. The maximum Gasteiger partial charge on any atom is 0.376 e. The molecule has 19 heavy (non-hydrogen) atoms. The Morgan fingerprint density at radius 2 is 2.21 bits per heavy atom. The van der Waals surface area contributed by atoms with Crippen molar-refractivity contribution in [1.82, 2.24) is 30.0 Å². The molecule has 0 atom stereocenters. The van der Waals surface area contributed by atoms with Crippen molar-refractivity contribution in [3.8, 4) is 11.5 Å². The van der Waals surface area contributed by atoms with E-state index in [4.69, 9.17) is 11.6 Å². The lowest BCUT2D eigenvalue weighted by atomic mass is 10.4.